The largest absolute Gasteiger partial charge is 0.494 e. The molecule has 0 fully saturated rings. The van der Waals surface area contributed by atoms with Crippen molar-refractivity contribution >= 4 is 41.0 Å². The first kappa shape index (κ1) is 21.1. The highest BCUT2D eigenvalue weighted by Crippen LogP contribution is 2.33. The minimum Gasteiger partial charge on any atom is -0.494 e. The summed E-state index contributed by atoms with van der Waals surface area (Å²) in [4.78, 5) is 35.4. The topological polar surface area (TPSA) is 93.7 Å². The van der Waals surface area contributed by atoms with E-state index >= 15 is 0 Å². The summed E-state index contributed by atoms with van der Waals surface area (Å²) in [5.74, 6) is -1.44. The summed E-state index contributed by atoms with van der Waals surface area (Å²) in [7, 11) is 1.40. The Hall–Kier alpha value is -1.99. The van der Waals surface area contributed by atoms with Crippen LogP contribution in [0.5, 0.6) is 5.75 Å². The highest BCUT2D eigenvalue weighted by atomic mass is 35.5. The number of halogens is 2. The van der Waals surface area contributed by atoms with Gasteiger partial charge in [0, 0.05) is 6.54 Å². The zero-order chi connectivity index (χ0) is 19.0. The van der Waals surface area contributed by atoms with Crippen molar-refractivity contribution in [3.05, 3.63) is 27.7 Å². The van der Waals surface area contributed by atoms with E-state index in [0.29, 0.717) is 6.54 Å². The molecular weight excluding hydrogens is 371 g/mol. The van der Waals surface area contributed by atoms with E-state index in [1.54, 1.807) is 0 Å². The van der Waals surface area contributed by atoms with Gasteiger partial charge in [0.2, 0.25) is 5.91 Å². The number of rotatable bonds is 8. The Morgan fingerprint density at radius 3 is 2.32 bits per heavy atom. The molecule has 0 aromatic heterocycles. The van der Waals surface area contributed by atoms with Crippen LogP contribution in [0.3, 0.4) is 0 Å². The second-order valence-electron chi connectivity index (χ2n) is 5.13. The highest BCUT2D eigenvalue weighted by Gasteiger charge is 2.18. The number of hydrogen-bond donors (Lipinski definition) is 2. The van der Waals surface area contributed by atoms with Crippen molar-refractivity contribution in [3.8, 4) is 5.75 Å². The summed E-state index contributed by atoms with van der Waals surface area (Å²) >= 11 is 11.9. The molecule has 1 rings (SSSR count). The van der Waals surface area contributed by atoms with Gasteiger partial charge in [-0.2, -0.15) is 0 Å². The predicted octanol–water partition coefficient (Wildman–Crippen LogP) is 2.19. The molecule has 0 bridgehead atoms. The molecule has 0 saturated heterocycles. The number of carbonyl (C=O) groups excluding carboxylic acids is 3. The molecule has 25 heavy (non-hydrogen) atoms. The Balaban J connectivity index is 2.56. The van der Waals surface area contributed by atoms with Crippen LogP contribution in [0.2, 0.25) is 10.0 Å². The van der Waals surface area contributed by atoms with E-state index in [2.05, 4.69) is 10.6 Å². The maximum Gasteiger partial charge on any atom is 0.338 e. The summed E-state index contributed by atoms with van der Waals surface area (Å²) in [5.41, 5.74) is 0.0809. The molecule has 9 heteroatoms. The number of hydrogen-bond acceptors (Lipinski definition) is 5. The SMILES string of the molecule is CCCNC(=O)[C@H](C)NC(=O)COC(=O)c1cc(Cl)c(OC)c(Cl)c1. The van der Waals surface area contributed by atoms with E-state index in [1.165, 1.54) is 26.2 Å². The van der Waals surface area contributed by atoms with Crippen molar-refractivity contribution in [1.29, 1.82) is 0 Å². The molecule has 7 nitrogen and oxygen atoms in total. The Morgan fingerprint density at radius 1 is 1.20 bits per heavy atom. The van der Waals surface area contributed by atoms with Crippen molar-refractivity contribution in [1.82, 2.24) is 10.6 Å². The monoisotopic (exact) mass is 390 g/mol. The average Bonchev–Trinajstić information content (AvgIpc) is 2.57. The van der Waals surface area contributed by atoms with Gasteiger partial charge < -0.3 is 20.1 Å². The lowest BCUT2D eigenvalue weighted by Gasteiger charge is -2.14. The van der Waals surface area contributed by atoms with Crippen LogP contribution in [-0.2, 0) is 14.3 Å². The number of nitrogens with one attached hydrogen (secondary N) is 2. The van der Waals surface area contributed by atoms with Gasteiger partial charge in [-0.3, -0.25) is 9.59 Å². The summed E-state index contributed by atoms with van der Waals surface area (Å²) in [6.07, 6.45) is 0.789. The Bertz CT molecular complexity index is 628. The van der Waals surface area contributed by atoms with Crippen LogP contribution in [0.25, 0.3) is 0 Å². The van der Waals surface area contributed by atoms with Gasteiger partial charge in [0.25, 0.3) is 5.91 Å². The van der Waals surface area contributed by atoms with Gasteiger partial charge in [0.05, 0.1) is 22.7 Å². The quantitative estimate of drug-likeness (QED) is 0.663. The minimum atomic E-state index is -0.773. The summed E-state index contributed by atoms with van der Waals surface area (Å²) in [6, 6.07) is 1.92. The van der Waals surface area contributed by atoms with Crippen molar-refractivity contribution < 1.29 is 23.9 Å². The van der Waals surface area contributed by atoms with Crippen LogP contribution in [0.1, 0.15) is 30.6 Å². The van der Waals surface area contributed by atoms with Crippen LogP contribution >= 0.6 is 23.2 Å². The molecule has 0 heterocycles. The van der Waals surface area contributed by atoms with Crippen molar-refractivity contribution in [2.75, 3.05) is 20.3 Å². The van der Waals surface area contributed by atoms with Crippen molar-refractivity contribution in [2.24, 2.45) is 0 Å². The van der Waals surface area contributed by atoms with Gasteiger partial charge >= 0.3 is 5.97 Å². The Morgan fingerprint density at radius 2 is 1.80 bits per heavy atom. The van der Waals surface area contributed by atoms with E-state index < -0.39 is 24.5 Å². The average molecular weight is 391 g/mol. The first-order chi connectivity index (χ1) is 11.8. The molecule has 0 aliphatic carbocycles. The van der Waals surface area contributed by atoms with E-state index in [4.69, 9.17) is 32.7 Å². The van der Waals surface area contributed by atoms with Crippen LogP contribution in [0.15, 0.2) is 12.1 Å². The van der Waals surface area contributed by atoms with Gasteiger partial charge in [-0.05, 0) is 25.5 Å². The van der Waals surface area contributed by atoms with Gasteiger partial charge in [-0.25, -0.2) is 4.79 Å². The standard InChI is InChI=1S/C16H20Cl2N2O5/c1-4-5-19-15(22)9(2)20-13(21)8-25-16(23)10-6-11(17)14(24-3)12(18)7-10/h6-7,9H,4-5,8H2,1-3H3,(H,19,22)(H,20,21)/t9-/m0/s1. The molecular formula is C16H20Cl2N2O5. The maximum absolute atomic E-state index is 12.0. The van der Waals surface area contributed by atoms with Gasteiger partial charge in [-0.1, -0.05) is 30.1 Å². The molecule has 0 aliphatic heterocycles. The first-order valence-electron chi connectivity index (χ1n) is 7.57. The summed E-state index contributed by atoms with van der Waals surface area (Å²) < 4.78 is 9.88. The molecule has 1 aromatic carbocycles. The number of amides is 2. The van der Waals surface area contributed by atoms with Gasteiger partial charge in [0.1, 0.15) is 6.04 Å². The Labute approximate surface area is 155 Å². The third-order valence-electron chi connectivity index (χ3n) is 3.09. The predicted molar refractivity (Wildman–Crippen MR) is 94.2 cm³/mol. The maximum atomic E-state index is 12.0. The van der Waals surface area contributed by atoms with Crippen LogP contribution in [-0.4, -0.2) is 44.1 Å². The van der Waals surface area contributed by atoms with Crippen molar-refractivity contribution in [2.45, 2.75) is 26.3 Å². The van der Waals surface area contributed by atoms with Crippen molar-refractivity contribution in [3.63, 3.8) is 0 Å². The normalized spacial score (nSPS) is 11.4. The lowest BCUT2D eigenvalue weighted by Crippen LogP contribution is -2.46. The molecule has 1 atom stereocenters. The van der Waals surface area contributed by atoms with E-state index in [-0.39, 0.29) is 27.3 Å². The number of esters is 1. The smallest absolute Gasteiger partial charge is 0.338 e. The number of carbonyl (C=O) groups is 3. The lowest BCUT2D eigenvalue weighted by molar-refractivity contribution is -0.130. The van der Waals surface area contributed by atoms with Crippen LogP contribution in [0.4, 0.5) is 0 Å². The number of ether oxygens (including phenoxy) is 2. The second-order valence-corrected chi connectivity index (χ2v) is 5.94. The fraction of sp³-hybridized carbons (Fsp3) is 0.438. The minimum absolute atomic E-state index is 0.0809. The molecule has 138 valence electrons. The fourth-order valence-electron chi connectivity index (χ4n) is 1.84. The van der Waals surface area contributed by atoms with Gasteiger partial charge in [0.15, 0.2) is 12.4 Å². The van der Waals surface area contributed by atoms with E-state index in [1.807, 2.05) is 6.92 Å². The third kappa shape index (κ3) is 6.43. The van der Waals surface area contributed by atoms with Gasteiger partial charge in [-0.15, -0.1) is 0 Å². The van der Waals surface area contributed by atoms with E-state index in [0.717, 1.165) is 6.42 Å². The molecule has 0 saturated carbocycles. The lowest BCUT2D eigenvalue weighted by atomic mass is 10.2. The molecule has 2 N–H and O–H groups in total. The molecule has 0 spiro atoms. The zero-order valence-corrected chi connectivity index (χ0v) is 15.7. The second kappa shape index (κ2) is 10.1. The summed E-state index contributed by atoms with van der Waals surface area (Å²) in [6.45, 7) is 3.44. The molecule has 1 aromatic rings. The molecule has 2 amide bonds. The molecule has 0 aliphatic rings. The Kier molecular flexibility index (Phi) is 8.51. The molecule has 0 radical (unpaired) electrons. The highest BCUT2D eigenvalue weighted by molar-refractivity contribution is 6.37. The molecule has 0 unspecified atom stereocenters. The van der Waals surface area contributed by atoms with E-state index in [9.17, 15) is 14.4 Å². The number of benzene rings is 1. The first-order valence-corrected chi connectivity index (χ1v) is 8.33. The van der Waals surface area contributed by atoms with Crippen LogP contribution < -0.4 is 15.4 Å². The van der Waals surface area contributed by atoms with Crippen LogP contribution in [0, 0.1) is 0 Å². The number of methoxy groups -OCH3 is 1. The fourth-order valence-corrected chi connectivity index (χ4v) is 2.48. The zero-order valence-electron chi connectivity index (χ0n) is 14.2. The third-order valence-corrected chi connectivity index (χ3v) is 3.65. The summed E-state index contributed by atoms with van der Waals surface area (Å²) in [5, 5.41) is 5.38.